The van der Waals surface area contributed by atoms with Crippen molar-refractivity contribution >= 4 is 5.57 Å². The summed E-state index contributed by atoms with van der Waals surface area (Å²) in [4.78, 5) is 0. The lowest BCUT2D eigenvalue weighted by atomic mass is 9.58. The molecule has 9 aliphatic rings. The molecule has 1 aromatic rings. The highest BCUT2D eigenvalue weighted by Crippen LogP contribution is 2.56. The highest BCUT2D eigenvalue weighted by atomic mass is 14.5. The molecule has 0 bridgehead atoms. The van der Waals surface area contributed by atoms with E-state index in [-0.39, 0.29) is 5.41 Å². The molecule has 0 aromatic heterocycles. The fraction of sp³-hybridized carbons (Fsp3) is 0.900. The second kappa shape index (κ2) is 52.3. The number of fused-ring (bicyclic) bond motifs is 1. The van der Waals surface area contributed by atoms with Gasteiger partial charge in [-0.25, -0.2) is 0 Å². The summed E-state index contributed by atoms with van der Waals surface area (Å²) in [6, 6.07) is 6.84. The Bertz CT molecular complexity index is 1290. The van der Waals surface area contributed by atoms with Gasteiger partial charge in [0.2, 0.25) is 0 Å². The minimum atomic E-state index is 0.287. The Balaban J connectivity index is 0.000000945. The molecule has 0 amide bonds. The first-order valence-corrected chi connectivity index (χ1v) is 37.9. The largest absolute Gasteiger partial charge is 0.0683 e. The van der Waals surface area contributed by atoms with E-state index in [2.05, 4.69) is 73.6 Å². The van der Waals surface area contributed by atoms with Gasteiger partial charge >= 0.3 is 0 Å². The summed E-state index contributed by atoms with van der Waals surface area (Å²) in [5.41, 5.74) is 8.14. The molecule has 0 heteroatoms. The lowest BCUT2D eigenvalue weighted by Crippen LogP contribution is -2.36. The molecule has 0 aliphatic heterocycles. The summed E-state index contributed by atoms with van der Waals surface area (Å²) in [6.07, 6.45) is 66.6. The molecule has 10 rings (SSSR count). The average Bonchev–Trinajstić information content (AvgIpc) is 4.15. The monoisotopic (exact) mass is 1120 g/mol. The third-order valence-corrected chi connectivity index (χ3v) is 20.7. The zero-order chi connectivity index (χ0) is 59.8. The maximum atomic E-state index is 2.43. The fourth-order valence-electron chi connectivity index (χ4n) is 16.7. The first-order chi connectivity index (χ1) is 39.1. The Morgan fingerprint density at radius 3 is 0.738 bits per heavy atom. The Hall–Kier alpha value is -1.04. The van der Waals surface area contributed by atoms with Gasteiger partial charge in [-0.15, -0.1) is 0 Å². The normalized spacial score (nSPS) is 21.3. The van der Waals surface area contributed by atoms with Crippen molar-refractivity contribution in [3.63, 3.8) is 0 Å². The van der Waals surface area contributed by atoms with Gasteiger partial charge < -0.3 is 0 Å². The summed E-state index contributed by atoms with van der Waals surface area (Å²) < 4.78 is 0. The van der Waals surface area contributed by atoms with Crippen molar-refractivity contribution < 1.29 is 0 Å². The van der Waals surface area contributed by atoms with Crippen molar-refractivity contribution in [2.24, 2.45) is 58.7 Å². The van der Waals surface area contributed by atoms with Gasteiger partial charge in [-0.1, -0.05) is 404 Å². The topological polar surface area (TPSA) is 0 Å². The van der Waals surface area contributed by atoms with E-state index in [1.807, 2.05) is 69.2 Å². The van der Waals surface area contributed by atoms with E-state index in [0.717, 1.165) is 47.8 Å². The van der Waals surface area contributed by atoms with E-state index in [0.29, 0.717) is 11.8 Å². The maximum Gasteiger partial charge on any atom is 0.000707 e. The van der Waals surface area contributed by atoms with Gasteiger partial charge in [0.05, 0.1) is 0 Å². The van der Waals surface area contributed by atoms with Gasteiger partial charge in [0.25, 0.3) is 0 Å². The van der Waals surface area contributed by atoms with Crippen LogP contribution >= 0.6 is 0 Å². The summed E-state index contributed by atoms with van der Waals surface area (Å²) in [5.74, 6) is 8.86. The molecule has 0 radical (unpaired) electrons. The van der Waals surface area contributed by atoms with Gasteiger partial charge in [-0.3, -0.25) is 0 Å². The second-order valence-corrected chi connectivity index (χ2v) is 27.0. The smallest absolute Gasteiger partial charge is 0.000707 e. The number of aryl methyl sites for hydroxylation is 1. The van der Waals surface area contributed by atoms with Crippen LogP contribution in [0.1, 0.15) is 410 Å². The molecule has 474 valence electrons. The van der Waals surface area contributed by atoms with Crippen LogP contribution in [0.3, 0.4) is 0 Å². The molecular weight excluding hydrogens is 961 g/mol. The van der Waals surface area contributed by atoms with Gasteiger partial charge in [-0.2, -0.15) is 0 Å². The standard InChI is InChI=1S/C22H34.3C12H22.2C6H12.5C2H6/c1-14(2)13-22(15(3)4,16(5)6)21-18(8)12-19-11-9-10-17(7)20(19)21;3*1-3-7-11(8-4-1)12-9-5-2-6-10-12;2*1-2-4-6-5-3-1;5*1-2/h9-11,14-16H,12-13H2,1-8H3;3*11-12H,1-10H2;2*1-6H2;5*1-2H3. The second-order valence-electron chi connectivity index (χ2n) is 27.0. The number of hydrogen-bond donors (Lipinski definition) is 0. The molecule has 0 unspecified atom stereocenters. The van der Waals surface area contributed by atoms with Crippen LogP contribution in [0.25, 0.3) is 5.57 Å². The van der Waals surface area contributed by atoms with Crippen LogP contribution in [0.2, 0.25) is 0 Å². The molecule has 9 aliphatic carbocycles. The van der Waals surface area contributed by atoms with Crippen molar-refractivity contribution in [2.45, 2.75) is 407 Å². The lowest BCUT2D eigenvalue weighted by molar-refractivity contribution is 0.154. The van der Waals surface area contributed by atoms with E-state index < -0.39 is 0 Å². The maximum absolute atomic E-state index is 2.43. The molecular formula is C80H154. The first-order valence-electron chi connectivity index (χ1n) is 37.9. The molecule has 8 fully saturated rings. The summed E-state index contributed by atoms with van der Waals surface area (Å²) in [6.45, 7) is 39.1. The van der Waals surface area contributed by atoms with Crippen LogP contribution in [-0.4, -0.2) is 0 Å². The van der Waals surface area contributed by atoms with Crippen LogP contribution in [0, 0.1) is 65.6 Å². The van der Waals surface area contributed by atoms with Crippen molar-refractivity contribution in [3.8, 4) is 0 Å². The number of benzene rings is 1. The van der Waals surface area contributed by atoms with Gasteiger partial charge in [0, 0.05) is 5.41 Å². The molecule has 0 atom stereocenters. The van der Waals surface area contributed by atoms with Crippen molar-refractivity contribution in [1.82, 2.24) is 0 Å². The first kappa shape index (κ1) is 79.0. The third kappa shape index (κ3) is 30.9. The van der Waals surface area contributed by atoms with Crippen molar-refractivity contribution in [1.29, 1.82) is 0 Å². The number of rotatable bonds is 8. The van der Waals surface area contributed by atoms with E-state index in [4.69, 9.17) is 0 Å². The van der Waals surface area contributed by atoms with Crippen LogP contribution in [0.5, 0.6) is 0 Å². The molecule has 0 saturated heterocycles. The van der Waals surface area contributed by atoms with E-state index in [1.54, 1.807) is 99.3 Å². The van der Waals surface area contributed by atoms with Crippen LogP contribution in [0.15, 0.2) is 23.8 Å². The third-order valence-electron chi connectivity index (χ3n) is 20.7. The SMILES string of the molecule is C1CCC(C2CCCCC2)CC1.C1CCC(C2CCCCC2)CC1.C1CCC(C2CCCCC2)CC1.C1CCCCC1.C1CCCCC1.CC.CC.CC.CC.CC.CC1=C(C(CC(C)C)(C(C)C)C(C)C)c2c(C)cccc2C1. The molecule has 8 saturated carbocycles. The molecule has 0 heterocycles. The Kier molecular flexibility index (Phi) is 51.6. The van der Waals surface area contributed by atoms with E-state index in [9.17, 15) is 0 Å². The zero-order valence-corrected chi connectivity index (χ0v) is 59.0. The van der Waals surface area contributed by atoms with Crippen LogP contribution < -0.4 is 0 Å². The van der Waals surface area contributed by atoms with Gasteiger partial charge in [-0.05, 0) is 102 Å². The highest BCUT2D eigenvalue weighted by molar-refractivity contribution is 5.82. The summed E-state index contributed by atoms with van der Waals surface area (Å²) >= 11 is 0. The minimum Gasteiger partial charge on any atom is -0.0683 e. The number of hydrogen-bond acceptors (Lipinski definition) is 0. The molecule has 80 heavy (non-hydrogen) atoms. The summed E-state index contributed by atoms with van der Waals surface area (Å²) in [7, 11) is 0. The van der Waals surface area contributed by atoms with Crippen molar-refractivity contribution in [2.75, 3.05) is 0 Å². The number of allylic oxidation sites excluding steroid dienone is 2. The Morgan fingerprint density at radius 1 is 0.325 bits per heavy atom. The van der Waals surface area contributed by atoms with E-state index >= 15 is 0 Å². The molecule has 0 N–H and O–H groups in total. The predicted octanol–water partition coefficient (Wildman–Crippen LogP) is 28.9. The summed E-state index contributed by atoms with van der Waals surface area (Å²) in [5, 5.41) is 0. The quantitative estimate of drug-likeness (QED) is 0.243. The Labute approximate surface area is 509 Å². The van der Waals surface area contributed by atoms with Crippen molar-refractivity contribution in [3.05, 3.63) is 40.5 Å². The van der Waals surface area contributed by atoms with Gasteiger partial charge in [0.1, 0.15) is 0 Å². The van der Waals surface area contributed by atoms with Crippen LogP contribution in [-0.2, 0) is 6.42 Å². The van der Waals surface area contributed by atoms with E-state index in [1.165, 1.54) is 205 Å². The fourth-order valence-corrected chi connectivity index (χ4v) is 16.7. The molecule has 0 spiro atoms. The highest BCUT2D eigenvalue weighted by Gasteiger charge is 2.45. The van der Waals surface area contributed by atoms with Gasteiger partial charge in [0.15, 0.2) is 0 Å². The predicted molar refractivity (Wildman–Crippen MR) is 371 cm³/mol. The Morgan fingerprint density at radius 2 is 0.537 bits per heavy atom. The molecule has 1 aromatic carbocycles. The lowest BCUT2D eigenvalue weighted by Gasteiger charge is -2.46. The average molecular weight is 1120 g/mol. The minimum absolute atomic E-state index is 0.287. The molecule has 0 nitrogen and oxygen atoms in total. The van der Waals surface area contributed by atoms with Crippen LogP contribution in [0.4, 0.5) is 0 Å². The zero-order valence-electron chi connectivity index (χ0n) is 59.0.